The van der Waals surface area contributed by atoms with Crippen molar-refractivity contribution in [3.63, 3.8) is 0 Å². The zero-order valence-corrected chi connectivity index (χ0v) is 14.4. The van der Waals surface area contributed by atoms with Crippen molar-refractivity contribution < 1.29 is 13.2 Å². The largest absolute Gasteiger partial charge is 0.376 e. The van der Waals surface area contributed by atoms with E-state index in [-0.39, 0.29) is 17.2 Å². The highest BCUT2D eigenvalue weighted by atomic mass is 35.5. The molecule has 0 saturated carbocycles. The van der Waals surface area contributed by atoms with Crippen molar-refractivity contribution in [2.75, 3.05) is 26.0 Å². The van der Waals surface area contributed by atoms with Crippen LogP contribution in [0.25, 0.3) is 0 Å². The number of nitrogens with zero attached hydrogens (tertiary/aromatic N) is 1. The lowest BCUT2D eigenvalue weighted by Gasteiger charge is -2.12. The summed E-state index contributed by atoms with van der Waals surface area (Å²) in [5.41, 5.74) is 0.979. The molecule has 7 heteroatoms. The van der Waals surface area contributed by atoms with E-state index in [4.69, 9.17) is 11.6 Å². The number of Topliss-reactive ketones (excluding diaryl/α,β-unsaturated/α-hetero) is 1. The third-order valence-corrected chi connectivity index (χ3v) is 5.39. The molecule has 0 amide bonds. The molecule has 0 aliphatic carbocycles. The Bertz CT molecular complexity index is 820. The summed E-state index contributed by atoms with van der Waals surface area (Å²) in [6.45, 7) is 0.0230. The number of nitrogens with one attached hydrogen (secondary N) is 1. The van der Waals surface area contributed by atoms with Crippen molar-refractivity contribution >= 4 is 33.1 Å². The maximum absolute atomic E-state index is 12.3. The molecule has 0 aliphatic heterocycles. The van der Waals surface area contributed by atoms with Crippen LogP contribution in [0.3, 0.4) is 0 Å². The summed E-state index contributed by atoms with van der Waals surface area (Å²) in [6.07, 6.45) is 0. The molecular formula is C16H17ClN2O3S. The van der Waals surface area contributed by atoms with Crippen LogP contribution in [-0.2, 0) is 10.0 Å². The zero-order valence-electron chi connectivity index (χ0n) is 12.8. The summed E-state index contributed by atoms with van der Waals surface area (Å²) in [7, 11) is -0.673. The second kappa shape index (κ2) is 7.12. The van der Waals surface area contributed by atoms with Crippen LogP contribution in [0, 0.1) is 0 Å². The molecule has 0 saturated heterocycles. The SMILES string of the molecule is CN(C)S(=O)(=O)c1cccc(C(=O)CNc2ccccc2Cl)c1. The maximum Gasteiger partial charge on any atom is 0.242 e. The van der Waals surface area contributed by atoms with Crippen LogP contribution in [0.15, 0.2) is 53.4 Å². The van der Waals surface area contributed by atoms with Gasteiger partial charge in [0, 0.05) is 19.7 Å². The van der Waals surface area contributed by atoms with Crippen LogP contribution in [0.1, 0.15) is 10.4 Å². The van der Waals surface area contributed by atoms with Gasteiger partial charge >= 0.3 is 0 Å². The van der Waals surface area contributed by atoms with E-state index in [1.54, 1.807) is 30.3 Å². The number of anilines is 1. The Morgan fingerprint density at radius 3 is 2.48 bits per heavy atom. The summed E-state index contributed by atoms with van der Waals surface area (Å²) in [4.78, 5) is 12.4. The van der Waals surface area contributed by atoms with Crippen molar-refractivity contribution in [1.29, 1.82) is 0 Å². The van der Waals surface area contributed by atoms with Crippen molar-refractivity contribution in [2.24, 2.45) is 0 Å². The summed E-state index contributed by atoms with van der Waals surface area (Å²) in [6, 6.07) is 13.1. The van der Waals surface area contributed by atoms with Crippen LogP contribution in [0.5, 0.6) is 0 Å². The predicted octanol–water partition coefficient (Wildman–Crippen LogP) is 2.89. The van der Waals surface area contributed by atoms with Crippen LogP contribution in [-0.4, -0.2) is 39.1 Å². The fraction of sp³-hybridized carbons (Fsp3) is 0.188. The van der Waals surface area contributed by atoms with Crippen LogP contribution >= 0.6 is 11.6 Å². The summed E-state index contributed by atoms with van der Waals surface area (Å²) < 4.78 is 25.3. The molecule has 0 unspecified atom stereocenters. The number of halogens is 1. The Morgan fingerprint density at radius 1 is 1.13 bits per heavy atom. The van der Waals surface area contributed by atoms with Crippen LogP contribution in [0.2, 0.25) is 5.02 Å². The van der Waals surface area contributed by atoms with Gasteiger partial charge in [0.2, 0.25) is 10.0 Å². The Balaban J connectivity index is 2.16. The quantitative estimate of drug-likeness (QED) is 0.812. The molecule has 0 heterocycles. The van der Waals surface area contributed by atoms with E-state index in [0.29, 0.717) is 16.3 Å². The molecule has 0 fully saturated rings. The van der Waals surface area contributed by atoms with Gasteiger partial charge in [-0.05, 0) is 24.3 Å². The Morgan fingerprint density at radius 2 is 1.83 bits per heavy atom. The molecule has 0 aromatic heterocycles. The Kier molecular flexibility index (Phi) is 5.41. The lowest BCUT2D eigenvalue weighted by molar-refractivity contribution is 0.101. The average molecular weight is 353 g/mol. The maximum atomic E-state index is 12.3. The lowest BCUT2D eigenvalue weighted by Crippen LogP contribution is -2.22. The van der Waals surface area contributed by atoms with E-state index < -0.39 is 10.0 Å². The van der Waals surface area contributed by atoms with Gasteiger partial charge in [0.15, 0.2) is 5.78 Å². The van der Waals surface area contributed by atoms with Gasteiger partial charge in [-0.1, -0.05) is 35.9 Å². The first-order chi connectivity index (χ1) is 10.8. The fourth-order valence-electron chi connectivity index (χ4n) is 1.92. The number of rotatable bonds is 6. The standard InChI is InChI=1S/C16H17ClN2O3S/c1-19(2)23(21,22)13-7-5-6-12(10-13)16(20)11-18-15-9-4-3-8-14(15)17/h3-10,18H,11H2,1-2H3. The monoisotopic (exact) mass is 352 g/mol. The van der Waals surface area contributed by atoms with E-state index in [1.807, 2.05) is 6.07 Å². The number of hydrogen-bond donors (Lipinski definition) is 1. The highest BCUT2D eigenvalue weighted by Gasteiger charge is 2.18. The minimum absolute atomic E-state index is 0.0230. The summed E-state index contributed by atoms with van der Waals surface area (Å²) in [5.74, 6) is -0.222. The van der Waals surface area contributed by atoms with Gasteiger partial charge in [-0.25, -0.2) is 12.7 Å². The summed E-state index contributed by atoms with van der Waals surface area (Å²) >= 11 is 6.01. The van der Waals surface area contributed by atoms with E-state index in [1.165, 1.54) is 26.2 Å². The van der Waals surface area contributed by atoms with E-state index in [9.17, 15) is 13.2 Å². The molecular weight excluding hydrogens is 336 g/mol. The Labute approximate surface area is 140 Å². The third kappa shape index (κ3) is 4.10. The van der Waals surface area contributed by atoms with E-state index in [2.05, 4.69) is 5.32 Å². The van der Waals surface area contributed by atoms with Gasteiger partial charge < -0.3 is 5.32 Å². The molecule has 0 spiro atoms. The highest BCUT2D eigenvalue weighted by Crippen LogP contribution is 2.20. The summed E-state index contributed by atoms with van der Waals surface area (Å²) in [5, 5.41) is 3.47. The van der Waals surface area contributed by atoms with Crippen LogP contribution < -0.4 is 5.32 Å². The third-order valence-electron chi connectivity index (χ3n) is 3.25. The number of carbonyl (C=O) groups is 1. The van der Waals surface area contributed by atoms with Crippen molar-refractivity contribution in [3.8, 4) is 0 Å². The smallest absolute Gasteiger partial charge is 0.242 e. The molecule has 122 valence electrons. The first kappa shape index (κ1) is 17.5. The van der Waals surface area contributed by atoms with Gasteiger partial charge in [0.25, 0.3) is 0 Å². The van der Waals surface area contributed by atoms with E-state index in [0.717, 1.165) is 4.31 Å². The zero-order chi connectivity index (χ0) is 17.0. The number of hydrogen-bond acceptors (Lipinski definition) is 4. The first-order valence-electron chi connectivity index (χ1n) is 6.86. The number of ketones is 1. The second-order valence-corrected chi connectivity index (χ2v) is 7.63. The normalized spacial score (nSPS) is 11.5. The van der Waals surface area contributed by atoms with Gasteiger partial charge in [-0.3, -0.25) is 4.79 Å². The predicted molar refractivity (Wildman–Crippen MR) is 91.6 cm³/mol. The highest BCUT2D eigenvalue weighted by molar-refractivity contribution is 7.89. The minimum atomic E-state index is -3.57. The molecule has 2 aromatic carbocycles. The van der Waals surface area contributed by atoms with Gasteiger partial charge in [-0.15, -0.1) is 0 Å². The number of carbonyl (C=O) groups excluding carboxylic acids is 1. The molecule has 0 bridgehead atoms. The number of para-hydroxylation sites is 1. The first-order valence-corrected chi connectivity index (χ1v) is 8.68. The molecule has 2 aromatic rings. The fourth-order valence-corrected chi connectivity index (χ4v) is 3.07. The van der Waals surface area contributed by atoms with Crippen LogP contribution in [0.4, 0.5) is 5.69 Å². The molecule has 0 radical (unpaired) electrons. The molecule has 1 N–H and O–H groups in total. The lowest BCUT2D eigenvalue weighted by atomic mass is 10.1. The van der Waals surface area contributed by atoms with Crippen molar-refractivity contribution in [2.45, 2.75) is 4.90 Å². The molecule has 0 aliphatic rings. The van der Waals surface area contributed by atoms with Crippen molar-refractivity contribution in [3.05, 3.63) is 59.1 Å². The van der Waals surface area contributed by atoms with Gasteiger partial charge in [-0.2, -0.15) is 0 Å². The molecule has 5 nitrogen and oxygen atoms in total. The number of sulfonamides is 1. The minimum Gasteiger partial charge on any atom is -0.376 e. The van der Waals surface area contributed by atoms with Gasteiger partial charge in [0.1, 0.15) is 0 Å². The number of benzene rings is 2. The van der Waals surface area contributed by atoms with Crippen molar-refractivity contribution in [1.82, 2.24) is 4.31 Å². The second-order valence-electron chi connectivity index (χ2n) is 5.07. The molecule has 2 rings (SSSR count). The molecule has 0 atom stereocenters. The average Bonchev–Trinajstić information content (AvgIpc) is 2.53. The topological polar surface area (TPSA) is 66.5 Å². The van der Waals surface area contributed by atoms with Gasteiger partial charge in [0.05, 0.1) is 22.2 Å². The van der Waals surface area contributed by atoms with E-state index >= 15 is 0 Å². The molecule has 23 heavy (non-hydrogen) atoms. The Hall–Kier alpha value is -1.89.